The van der Waals surface area contributed by atoms with Crippen molar-refractivity contribution < 1.29 is 23.0 Å². The minimum Gasteiger partial charge on any atom is -0.491 e. The lowest BCUT2D eigenvalue weighted by molar-refractivity contribution is -0.102. The van der Waals surface area contributed by atoms with Gasteiger partial charge in [-0.25, -0.2) is 13.8 Å². The number of carbonyl (C=O) groups is 1. The number of hydrogen-bond donors (Lipinski definition) is 1. The lowest BCUT2D eigenvalue weighted by atomic mass is 10.2. The van der Waals surface area contributed by atoms with E-state index in [1.807, 2.05) is 0 Å². The summed E-state index contributed by atoms with van der Waals surface area (Å²) in [5, 5.41) is 8.53. The van der Waals surface area contributed by atoms with Gasteiger partial charge in [-0.3, -0.25) is 9.80 Å². The molecule has 9 heteroatoms. The minimum absolute atomic E-state index is 0.0891. The first-order chi connectivity index (χ1) is 13.0. The molecule has 0 aliphatic heterocycles. The second-order valence-corrected chi connectivity index (χ2v) is 5.51. The molecule has 0 aliphatic carbocycles. The summed E-state index contributed by atoms with van der Waals surface area (Å²) in [6.45, 7) is 2.03. The van der Waals surface area contributed by atoms with Crippen LogP contribution < -0.4 is 14.8 Å². The number of aromatic nitrogens is 1. The smallest absolute Gasteiger partial charge is 0.257 e. The van der Waals surface area contributed by atoms with Gasteiger partial charge in [0.25, 0.3) is 5.88 Å². The van der Waals surface area contributed by atoms with Crippen molar-refractivity contribution in [2.24, 2.45) is 5.10 Å². The predicted molar refractivity (Wildman–Crippen MR) is 97.0 cm³/mol. The van der Waals surface area contributed by atoms with Crippen LogP contribution >= 0.6 is 0 Å². The molecule has 7 nitrogen and oxygen atoms in total. The molecule has 1 N–H and O–H groups in total. The van der Waals surface area contributed by atoms with Gasteiger partial charge in [-0.15, -0.1) is 0 Å². The summed E-state index contributed by atoms with van der Waals surface area (Å²) in [6, 6.07) is 4.91. The molecule has 27 heavy (non-hydrogen) atoms. The molecule has 0 amide bonds. The fourth-order valence-corrected chi connectivity index (χ4v) is 2.38. The highest BCUT2D eigenvalue weighted by Gasteiger charge is 2.12. The molecule has 1 heterocycles. The summed E-state index contributed by atoms with van der Waals surface area (Å²) in [6.07, 6.45) is 1.57. The zero-order valence-electron chi connectivity index (χ0n) is 15.2. The number of carbonyl (C=O) groups excluding carboxylic acids is 1. The first-order valence-electron chi connectivity index (χ1n) is 7.98. The first-order valence-corrected chi connectivity index (χ1v) is 7.98. The number of nitrogens with zero attached hydrogens (tertiary/aromatic N) is 3. The third kappa shape index (κ3) is 5.63. The van der Waals surface area contributed by atoms with E-state index in [2.05, 4.69) is 15.4 Å². The maximum Gasteiger partial charge on any atom is 0.257 e. The lowest BCUT2D eigenvalue weighted by Crippen LogP contribution is -2.25. The molecule has 1 aromatic heterocycles. The van der Waals surface area contributed by atoms with Gasteiger partial charge in [0.05, 0.1) is 38.4 Å². The van der Waals surface area contributed by atoms with E-state index in [4.69, 9.17) is 9.47 Å². The van der Waals surface area contributed by atoms with Crippen LogP contribution in [0.4, 0.5) is 14.5 Å². The zero-order valence-corrected chi connectivity index (χ0v) is 15.2. The maximum atomic E-state index is 13.4. The van der Waals surface area contributed by atoms with Gasteiger partial charge in [-0.1, -0.05) is 0 Å². The molecule has 0 saturated carbocycles. The largest absolute Gasteiger partial charge is 0.491 e. The third-order valence-corrected chi connectivity index (χ3v) is 3.59. The number of anilines is 1. The van der Waals surface area contributed by atoms with Crippen molar-refractivity contribution in [1.29, 1.82) is 0 Å². The van der Waals surface area contributed by atoms with Crippen molar-refractivity contribution in [2.75, 3.05) is 26.2 Å². The maximum absolute atomic E-state index is 13.4. The molecule has 2 aromatic rings. The quantitative estimate of drug-likeness (QED) is 0.313. The Morgan fingerprint density at radius 2 is 1.89 bits per heavy atom. The monoisotopic (exact) mass is 378 g/mol. The van der Waals surface area contributed by atoms with E-state index in [0.717, 1.165) is 12.3 Å². The Bertz CT molecular complexity index is 810. The van der Waals surface area contributed by atoms with Gasteiger partial charge in [0, 0.05) is 12.1 Å². The highest BCUT2D eigenvalue weighted by atomic mass is 19.1. The number of nitrogens with one attached hydrogen (secondary N) is 1. The van der Waals surface area contributed by atoms with E-state index in [-0.39, 0.29) is 13.2 Å². The summed E-state index contributed by atoms with van der Waals surface area (Å²) in [5.74, 6) is -0.568. The number of benzene rings is 1. The molecule has 2 rings (SSSR count). The number of methoxy groups -OCH3 is 2. The summed E-state index contributed by atoms with van der Waals surface area (Å²) in [5.41, 5.74) is 1.69. The van der Waals surface area contributed by atoms with Crippen molar-refractivity contribution in [3.63, 3.8) is 0 Å². The average Bonchev–Trinajstić information content (AvgIpc) is 2.63. The van der Waals surface area contributed by atoms with E-state index in [1.165, 1.54) is 31.4 Å². The molecule has 0 unspecified atom stereocenters. The fraction of sp³-hybridized carbons (Fsp3) is 0.278. The number of hydrazone groups is 1. The Kier molecular flexibility index (Phi) is 7.04. The molecule has 0 fully saturated rings. The number of aryl methyl sites for hydroxylation is 1. The van der Waals surface area contributed by atoms with E-state index in [0.29, 0.717) is 34.9 Å². The van der Waals surface area contributed by atoms with Crippen LogP contribution in [-0.2, 0) is 11.3 Å². The molecule has 0 aliphatic rings. The molecule has 0 saturated heterocycles. The highest BCUT2D eigenvalue weighted by molar-refractivity contribution is 6.12. The van der Waals surface area contributed by atoms with Crippen LogP contribution in [0.5, 0.6) is 11.6 Å². The van der Waals surface area contributed by atoms with E-state index < -0.39 is 11.6 Å². The average molecular weight is 378 g/mol. The molecular formula is C18H20F2N4O3. The number of rotatable bonds is 9. The SMILES string of the molecule is COc1cc(NCN(Cc2cc(F)cc(F)c2)/N=C\C=O)c(C)nc1OC. The van der Waals surface area contributed by atoms with Crippen LogP contribution in [0.3, 0.4) is 0 Å². The predicted octanol–water partition coefficient (Wildman–Crippen LogP) is 2.74. The normalized spacial score (nSPS) is 10.7. The van der Waals surface area contributed by atoms with Crippen LogP contribution in [0.1, 0.15) is 11.3 Å². The van der Waals surface area contributed by atoms with Gasteiger partial charge < -0.3 is 14.8 Å². The van der Waals surface area contributed by atoms with E-state index >= 15 is 0 Å². The van der Waals surface area contributed by atoms with E-state index in [9.17, 15) is 13.6 Å². The zero-order chi connectivity index (χ0) is 19.8. The topological polar surface area (TPSA) is 76.0 Å². The summed E-state index contributed by atoms with van der Waals surface area (Å²) in [4.78, 5) is 14.9. The van der Waals surface area contributed by atoms with Crippen LogP contribution in [0, 0.1) is 18.6 Å². The summed E-state index contributed by atoms with van der Waals surface area (Å²) >= 11 is 0. The Labute approximate surface area is 155 Å². The van der Waals surface area contributed by atoms with Gasteiger partial charge in [0.1, 0.15) is 18.3 Å². The number of aldehydes is 1. The number of hydrogen-bond acceptors (Lipinski definition) is 7. The molecular weight excluding hydrogens is 358 g/mol. The molecule has 1 aromatic carbocycles. The van der Waals surface area contributed by atoms with Gasteiger partial charge in [-0.2, -0.15) is 5.10 Å². The summed E-state index contributed by atoms with van der Waals surface area (Å²) in [7, 11) is 2.99. The van der Waals surface area contributed by atoms with Crippen LogP contribution in [0.2, 0.25) is 0 Å². The number of pyridine rings is 1. The molecule has 0 bridgehead atoms. The Hall–Kier alpha value is -3.23. The lowest BCUT2D eigenvalue weighted by Gasteiger charge is -2.21. The second kappa shape index (κ2) is 9.46. The standard InChI is InChI=1S/C18H20F2N4O3/c1-12-16(9-17(26-2)18(23-12)27-3)21-11-24(22-4-5-25)10-13-6-14(19)8-15(20)7-13/h4-9,21H,10-11H2,1-3H3/b22-4-. The van der Waals surface area contributed by atoms with Crippen molar-refractivity contribution >= 4 is 18.2 Å². The number of ether oxygens (including phenoxy) is 2. The second-order valence-electron chi connectivity index (χ2n) is 5.51. The van der Waals surface area contributed by atoms with Gasteiger partial charge in [0.2, 0.25) is 0 Å². The Morgan fingerprint density at radius 1 is 1.19 bits per heavy atom. The van der Waals surface area contributed by atoms with Crippen molar-refractivity contribution in [3.05, 3.63) is 47.2 Å². The van der Waals surface area contributed by atoms with Crippen LogP contribution in [0.15, 0.2) is 29.4 Å². The first kappa shape index (κ1) is 20.1. The van der Waals surface area contributed by atoms with Crippen molar-refractivity contribution in [3.8, 4) is 11.6 Å². The minimum atomic E-state index is -0.683. The van der Waals surface area contributed by atoms with Gasteiger partial charge >= 0.3 is 0 Å². The van der Waals surface area contributed by atoms with Crippen LogP contribution in [0.25, 0.3) is 0 Å². The van der Waals surface area contributed by atoms with Crippen LogP contribution in [-0.4, -0.2) is 43.4 Å². The molecule has 0 atom stereocenters. The Balaban J connectivity index is 2.17. The van der Waals surface area contributed by atoms with E-state index in [1.54, 1.807) is 13.0 Å². The van der Waals surface area contributed by atoms with Crippen molar-refractivity contribution in [1.82, 2.24) is 9.99 Å². The van der Waals surface area contributed by atoms with Gasteiger partial charge in [-0.05, 0) is 24.6 Å². The molecule has 0 spiro atoms. The fourth-order valence-electron chi connectivity index (χ4n) is 2.38. The number of halogens is 2. The summed E-state index contributed by atoms with van der Waals surface area (Å²) < 4.78 is 37.1. The third-order valence-electron chi connectivity index (χ3n) is 3.59. The van der Waals surface area contributed by atoms with Gasteiger partial charge in [0.15, 0.2) is 12.0 Å². The van der Waals surface area contributed by atoms with Crippen molar-refractivity contribution in [2.45, 2.75) is 13.5 Å². The highest BCUT2D eigenvalue weighted by Crippen LogP contribution is 2.29. The molecule has 144 valence electrons. The molecule has 0 radical (unpaired) electrons. The Morgan fingerprint density at radius 3 is 2.48 bits per heavy atom.